The van der Waals surface area contributed by atoms with Crippen LogP contribution in [-0.4, -0.2) is 24.5 Å². The molecule has 0 aromatic heterocycles. The Morgan fingerprint density at radius 3 is 2.63 bits per heavy atom. The average molecular weight is 260 g/mol. The largest absolute Gasteiger partial charge is 0.330 e. The Balaban J connectivity index is 2.03. The molecule has 106 valence electrons. The minimum Gasteiger partial charge on any atom is -0.330 e. The summed E-state index contributed by atoms with van der Waals surface area (Å²) in [4.78, 5) is 2.62. The third-order valence-corrected chi connectivity index (χ3v) is 4.80. The van der Waals surface area contributed by atoms with Gasteiger partial charge < -0.3 is 5.73 Å². The van der Waals surface area contributed by atoms with Gasteiger partial charge in [-0.25, -0.2) is 0 Å². The summed E-state index contributed by atoms with van der Waals surface area (Å²) in [6, 6.07) is 10.8. The van der Waals surface area contributed by atoms with Crippen molar-refractivity contribution in [3.63, 3.8) is 0 Å². The molecule has 2 heteroatoms. The molecule has 0 saturated carbocycles. The van der Waals surface area contributed by atoms with Crippen LogP contribution >= 0.6 is 0 Å². The van der Waals surface area contributed by atoms with Gasteiger partial charge in [0.05, 0.1) is 0 Å². The first-order valence-electron chi connectivity index (χ1n) is 7.63. The molecule has 0 spiro atoms. The van der Waals surface area contributed by atoms with E-state index in [0.717, 1.165) is 25.4 Å². The van der Waals surface area contributed by atoms with Crippen LogP contribution in [0.15, 0.2) is 30.3 Å². The molecule has 0 aliphatic carbocycles. The summed E-state index contributed by atoms with van der Waals surface area (Å²) in [6.45, 7) is 9.06. The van der Waals surface area contributed by atoms with Gasteiger partial charge in [0.15, 0.2) is 0 Å². The molecule has 1 aromatic rings. The molecule has 1 aliphatic heterocycles. The summed E-state index contributed by atoms with van der Waals surface area (Å²) in [6.07, 6.45) is 3.81. The molecule has 1 aliphatic rings. The van der Waals surface area contributed by atoms with E-state index in [4.69, 9.17) is 5.73 Å². The molecule has 1 unspecified atom stereocenters. The van der Waals surface area contributed by atoms with Crippen molar-refractivity contribution in [3.05, 3.63) is 35.9 Å². The highest BCUT2D eigenvalue weighted by Gasteiger charge is 2.37. The van der Waals surface area contributed by atoms with Gasteiger partial charge in [-0.15, -0.1) is 0 Å². The van der Waals surface area contributed by atoms with E-state index in [-0.39, 0.29) is 0 Å². The molecule has 2 rings (SSSR count). The van der Waals surface area contributed by atoms with Crippen LogP contribution in [0.1, 0.15) is 38.7 Å². The zero-order valence-electron chi connectivity index (χ0n) is 12.4. The molecular weight excluding hydrogens is 232 g/mol. The maximum absolute atomic E-state index is 5.86. The second kappa shape index (κ2) is 6.53. The van der Waals surface area contributed by atoms with Gasteiger partial charge in [0.25, 0.3) is 0 Å². The fourth-order valence-corrected chi connectivity index (χ4v) is 3.49. The smallest absolute Gasteiger partial charge is 0.0233 e. The normalized spacial score (nSPS) is 24.8. The first-order chi connectivity index (χ1) is 9.16. The fourth-order valence-electron chi connectivity index (χ4n) is 3.49. The summed E-state index contributed by atoms with van der Waals surface area (Å²) in [7, 11) is 0. The van der Waals surface area contributed by atoms with Crippen molar-refractivity contribution in [2.45, 2.75) is 39.7 Å². The SMILES string of the molecule is CC(C)C1(CCN)CCCN(Cc2ccccc2)C1. The lowest BCUT2D eigenvalue weighted by molar-refractivity contribution is 0.0372. The van der Waals surface area contributed by atoms with E-state index in [1.54, 1.807) is 0 Å². The van der Waals surface area contributed by atoms with Crippen LogP contribution in [0.3, 0.4) is 0 Å². The van der Waals surface area contributed by atoms with Gasteiger partial charge in [-0.2, -0.15) is 0 Å². The molecule has 1 fully saturated rings. The van der Waals surface area contributed by atoms with E-state index in [2.05, 4.69) is 49.1 Å². The third-order valence-electron chi connectivity index (χ3n) is 4.80. The predicted octanol–water partition coefficient (Wildman–Crippen LogP) is 3.27. The van der Waals surface area contributed by atoms with E-state index < -0.39 is 0 Å². The van der Waals surface area contributed by atoms with Gasteiger partial charge in [0.1, 0.15) is 0 Å². The minimum absolute atomic E-state index is 0.432. The highest BCUT2D eigenvalue weighted by atomic mass is 15.1. The second-order valence-corrected chi connectivity index (χ2v) is 6.36. The molecule has 2 N–H and O–H groups in total. The zero-order valence-corrected chi connectivity index (χ0v) is 12.4. The van der Waals surface area contributed by atoms with Gasteiger partial charge in [0, 0.05) is 13.1 Å². The van der Waals surface area contributed by atoms with E-state index in [9.17, 15) is 0 Å². The van der Waals surface area contributed by atoms with Gasteiger partial charge in [-0.05, 0) is 49.2 Å². The van der Waals surface area contributed by atoms with Crippen LogP contribution < -0.4 is 5.73 Å². The highest BCUT2D eigenvalue weighted by molar-refractivity contribution is 5.14. The van der Waals surface area contributed by atoms with Crippen molar-refractivity contribution >= 4 is 0 Å². The topological polar surface area (TPSA) is 29.3 Å². The molecule has 19 heavy (non-hydrogen) atoms. The Kier molecular flexibility index (Phi) is 5.00. The van der Waals surface area contributed by atoms with Crippen LogP contribution in [0.4, 0.5) is 0 Å². The Hall–Kier alpha value is -0.860. The van der Waals surface area contributed by atoms with Crippen molar-refractivity contribution in [3.8, 4) is 0 Å². The molecule has 1 heterocycles. The Labute approximate surface area is 118 Å². The van der Waals surface area contributed by atoms with E-state index in [1.807, 2.05) is 0 Å². The van der Waals surface area contributed by atoms with Crippen molar-refractivity contribution in [2.75, 3.05) is 19.6 Å². The maximum Gasteiger partial charge on any atom is 0.0233 e. The molecule has 0 bridgehead atoms. The van der Waals surface area contributed by atoms with Crippen LogP contribution in [-0.2, 0) is 6.54 Å². The van der Waals surface area contributed by atoms with Crippen molar-refractivity contribution < 1.29 is 0 Å². The standard InChI is InChI=1S/C17H28N2/c1-15(2)17(10-11-18)9-6-12-19(14-17)13-16-7-4-3-5-8-16/h3-5,7-8,15H,6,9-14,18H2,1-2H3. The summed E-state index contributed by atoms with van der Waals surface area (Å²) in [5.74, 6) is 0.717. The summed E-state index contributed by atoms with van der Waals surface area (Å²) < 4.78 is 0. The summed E-state index contributed by atoms with van der Waals surface area (Å²) >= 11 is 0. The number of piperidine rings is 1. The molecule has 0 radical (unpaired) electrons. The van der Waals surface area contributed by atoms with Gasteiger partial charge in [-0.1, -0.05) is 44.2 Å². The number of likely N-dealkylation sites (tertiary alicyclic amines) is 1. The summed E-state index contributed by atoms with van der Waals surface area (Å²) in [5.41, 5.74) is 7.72. The van der Waals surface area contributed by atoms with E-state index in [0.29, 0.717) is 5.41 Å². The minimum atomic E-state index is 0.432. The lowest BCUT2D eigenvalue weighted by atomic mass is 9.69. The molecule has 1 saturated heterocycles. The molecular formula is C17H28N2. The fraction of sp³-hybridized carbons (Fsp3) is 0.647. The van der Waals surface area contributed by atoms with Crippen molar-refractivity contribution in [1.82, 2.24) is 4.90 Å². The first-order valence-corrected chi connectivity index (χ1v) is 7.63. The van der Waals surface area contributed by atoms with Crippen molar-refractivity contribution in [1.29, 1.82) is 0 Å². The molecule has 1 aromatic carbocycles. The quantitative estimate of drug-likeness (QED) is 0.880. The van der Waals surface area contributed by atoms with Crippen LogP contribution in [0.2, 0.25) is 0 Å². The monoisotopic (exact) mass is 260 g/mol. The van der Waals surface area contributed by atoms with Gasteiger partial charge in [0.2, 0.25) is 0 Å². The van der Waals surface area contributed by atoms with E-state index in [1.165, 1.54) is 31.5 Å². The zero-order chi connectivity index (χ0) is 13.7. The number of nitrogens with two attached hydrogens (primary N) is 1. The number of hydrogen-bond acceptors (Lipinski definition) is 2. The Bertz CT molecular complexity index is 370. The first kappa shape index (κ1) is 14.5. The second-order valence-electron chi connectivity index (χ2n) is 6.36. The Morgan fingerprint density at radius 2 is 2.00 bits per heavy atom. The van der Waals surface area contributed by atoms with Gasteiger partial charge >= 0.3 is 0 Å². The maximum atomic E-state index is 5.86. The highest BCUT2D eigenvalue weighted by Crippen LogP contribution is 2.40. The van der Waals surface area contributed by atoms with Crippen LogP contribution in [0.25, 0.3) is 0 Å². The number of rotatable bonds is 5. The van der Waals surface area contributed by atoms with E-state index >= 15 is 0 Å². The average Bonchev–Trinajstić information content (AvgIpc) is 2.40. The number of nitrogens with zero attached hydrogens (tertiary/aromatic N) is 1. The lowest BCUT2D eigenvalue weighted by Gasteiger charge is -2.46. The van der Waals surface area contributed by atoms with Crippen molar-refractivity contribution in [2.24, 2.45) is 17.1 Å². The third kappa shape index (κ3) is 3.58. The molecule has 1 atom stereocenters. The number of hydrogen-bond donors (Lipinski definition) is 1. The molecule has 2 nitrogen and oxygen atoms in total. The van der Waals surface area contributed by atoms with Gasteiger partial charge in [-0.3, -0.25) is 4.90 Å². The van der Waals surface area contributed by atoms with Crippen LogP contribution in [0, 0.1) is 11.3 Å². The predicted molar refractivity (Wildman–Crippen MR) is 81.9 cm³/mol. The molecule has 0 amide bonds. The Morgan fingerprint density at radius 1 is 1.26 bits per heavy atom. The number of benzene rings is 1. The summed E-state index contributed by atoms with van der Waals surface area (Å²) in [5, 5.41) is 0. The lowest BCUT2D eigenvalue weighted by Crippen LogP contribution is -2.46. The van der Waals surface area contributed by atoms with Crippen LogP contribution in [0.5, 0.6) is 0 Å².